The van der Waals surface area contributed by atoms with Crippen molar-refractivity contribution in [1.82, 2.24) is 4.90 Å². The van der Waals surface area contributed by atoms with E-state index in [1.54, 1.807) is 7.11 Å². The second-order valence-corrected chi connectivity index (χ2v) is 7.28. The van der Waals surface area contributed by atoms with E-state index >= 15 is 0 Å². The number of hydrogen-bond acceptors (Lipinski definition) is 2. The second kappa shape index (κ2) is 7.29. The van der Waals surface area contributed by atoms with Gasteiger partial charge in [-0.25, -0.2) is 13.2 Å². The Balaban J connectivity index is 1.82. The van der Waals surface area contributed by atoms with Crippen LogP contribution in [-0.2, 0) is 6.54 Å². The van der Waals surface area contributed by atoms with Crippen LogP contribution in [0.3, 0.4) is 0 Å². The molecular weight excluding hydrogens is 351 g/mol. The Kier molecular flexibility index (Phi) is 4.85. The Hall–Kier alpha value is -2.43. The van der Waals surface area contributed by atoms with Gasteiger partial charge in [0.2, 0.25) is 0 Å². The molecule has 1 aliphatic carbocycles. The minimum atomic E-state index is -1.44. The summed E-state index contributed by atoms with van der Waals surface area (Å²) in [5, 5.41) is 0. The Labute approximate surface area is 157 Å². The van der Waals surface area contributed by atoms with Gasteiger partial charge in [0.15, 0.2) is 17.5 Å². The highest BCUT2D eigenvalue weighted by molar-refractivity contribution is 5.83. The molecular formula is C22H22F3NO. The lowest BCUT2D eigenvalue weighted by Crippen LogP contribution is -2.34. The molecule has 0 aromatic heterocycles. The van der Waals surface area contributed by atoms with E-state index in [0.29, 0.717) is 22.9 Å². The van der Waals surface area contributed by atoms with E-state index in [0.717, 1.165) is 42.6 Å². The van der Waals surface area contributed by atoms with Crippen molar-refractivity contribution in [3.05, 3.63) is 70.7 Å². The molecule has 1 fully saturated rings. The molecule has 5 heteroatoms. The van der Waals surface area contributed by atoms with Crippen LogP contribution in [0.1, 0.15) is 48.8 Å². The molecule has 1 saturated carbocycles. The van der Waals surface area contributed by atoms with Crippen molar-refractivity contribution >= 4 is 5.57 Å². The Bertz CT molecular complexity index is 864. The van der Waals surface area contributed by atoms with Crippen molar-refractivity contribution < 1.29 is 17.9 Å². The molecule has 0 spiro atoms. The van der Waals surface area contributed by atoms with Crippen LogP contribution >= 0.6 is 0 Å². The summed E-state index contributed by atoms with van der Waals surface area (Å²) in [6.07, 6.45) is 7.84. The Morgan fingerprint density at radius 1 is 0.963 bits per heavy atom. The summed E-state index contributed by atoms with van der Waals surface area (Å²) in [4.78, 5) is 2.27. The number of rotatable bonds is 3. The van der Waals surface area contributed by atoms with E-state index < -0.39 is 17.5 Å². The summed E-state index contributed by atoms with van der Waals surface area (Å²) < 4.78 is 46.6. The molecule has 27 heavy (non-hydrogen) atoms. The molecule has 0 atom stereocenters. The summed E-state index contributed by atoms with van der Waals surface area (Å²) in [7, 11) is 1.58. The third-order valence-electron chi connectivity index (χ3n) is 5.59. The van der Waals surface area contributed by atoms with Gasteiger partial charge >= 0.3 is 0 Å². The zero-order valence-corrected chi connectivity index (χ0v) is 15.3. The predicted molar refractivity (Wildman–Crippen MR) is 98.8 cm³/mol. The summed E-state index contributed by atoms with van der Waals surface area (Å²) >= 11 is 0. The van der Waals surface area contributed by atoms with Gasteiger partial charge in [-0.2, -0.15) is 0 Å². The normalized spacial score (nSPS) is 17.5. The Morgan fingerprint density at radius 3 is 2.33 bits per heavy atom. The summed E-state index contributed by atoms with van der Waals surface area (Å²) in [6, 6.07) is 8.31. The van der Waals surface area contributed by atoms with E-state index in [-0.39, 0.29) is 0 Å². The SMILES string of the molecule is COc1ccc2c(c1)C(c1cc(F)c(F)c(F)c1)=CN(C1CCCCC1)C2. The molecule has 2 aromatic carbocycles. The maximum absolute atomic E-state index is 13.9. The molecule has 1 heterocycles. The van der Waals surface area contributed by atoms with Gasteiger partial charge in [0.05, 0.1) is 7.11 Å². The summed E-state index contributed by atoms with van der Waals surface area (Å²) in [5.41, 5.74) is 2.97. The quantitative estimate of drug-likeness (QED) is 0.645. The number of ether oxygens (including phenoxy) is 1. The van der Waals surface area contributed by atoms with Gasteiger partial charge in [0.1, 0.15) is 5.75 Å². The van der Waals surface area contributed by atoms with Crippen molar-refractivity contribution in [2.45, 2.75) is 44.7 Å². The molecule has 0 unspecified atom stereocenters. The average molecular weight is 373 g/mol. The fourth-order valence-electron chi connectivity index (χ4n) is 4.14. The van der Waals surface area contributed by atoms with E-state index in [1.807, 2.05) is 24.4 Å². The van der Waals surface area contributed by atoms with E-state index in [2.05, 4.69) is 4.90 Å². The van der Waals surface area contributed by atoms with Crippen LogP contribution in [0.15, 0.2) is 36.5 Å². The lowest BCUT2D eigenvalue weighted by atomic mass is 9.88. The number of fused-ring (bicyclic) bond motifs is 1. The highest BCUT2D eigenvalue weighted by Crippen LogP contribution is 2.37. The van der Waals surface area contributed by atoms with Crippen LogP contribution in [0.2, 0.25) is 0 Å². The molecule has 0 amide bonds. The van der Waals surface area contributed by atoms with Gasteiger partial charge < -0.3 is 9.64 Å². The molecule has 0 saturated heterocycles. The maximum atomic E-state index is 13.9. The molecule has 2 aromatic rings. The van der Waals surface area contributed by atoms with Crippen LogP contribution in [0.25, 0.3) is 5.57 Å². The average Bonchev–Trinajstić information content (AvgIpc) is 2.71. The van der Waals surface area contributed by atoms with Gasteiger partial charge in [0, 0.05) is 24.4 Å². The summed E-state index contributed by atoms with van der Waals surface area (Å²) in [6.45, 7) is 0.750. The first-order valence-electron chi connectivity index (χ1n) is 9.36. The van der Waals surface area contributed by atoms with Gasteiger partial charge in [-0.1, -0.05) is 25.3 Å². The smallest absolute Gasteiger partial charge is 0.194 e. The van der Waals surface area contributed by atoms with Crippen LogP contribution in [0.5, 0.6) is 5.75 Å². The van der Waals surface area contributed by atoms with E-state index in [9.17, 15) is 13.2 Å². The molecule has 0 bridgehead atoms. The molecule has 1 aliphatic heterocycles. The van der Waals surface area contributed by atoms with Crippen molar-refractivity contribution in [2.75, 3.05) is 7.11 Å². The highest BCUT2D eigenvalue weighted by atomic mass is 19.2. The van der Waals surface area contributed by atoms with Crippen LogP contribution in [-0.4, -0.2) is 18.1 Å². The maximum Gasteiger partial charge on any atom is 0.194 e. The number of hydrogen-bond donors (Lipinski definition) is 0. The first-order chi connectivity index (χ1) is 13.1. The lowest BCUT2D eigenvalue weighted by molar-refractivity contribution is 0.209. The molecule has 142 valence electrons. The third-order valence-corrected chi connectivity index (χ3v) is 5.59. The first-order valence-corrected chi connectivity index (χ1v) is 9.36. The lowest BCUT2D eigenvalue weighted by Gasteiger charge is -2.37. The monoisotopic (exact) mass is 373 g/mol. The zero-order valence-electron chi connectivity index (χ0n) is 15.3. The highest BCUT2D eigenvalue weighted by Gasteiger charge is 2.26. The van der Waals surface area contributed by atoms with Crippen LogP contribution in [0.4, 0.5) is 13.2 Å². The molecule has 2 nitrogen and oxygen atoms in total. The molecule has 0 radical (unpaired) electrons. The van der Waals surface area contributed by atoms with Gasteiger partial charge in [-0.15, -0.1) is 0 Å². The number of halogens is 3. The molecule has 0 N–H and O–H groups in total. The standard InChI is InChI=1S/C22H22F3NO/c1-27-17-8-7-14-12-26(16-5-3-2-4-6-16)13-19(18(14)11-17)15-9-20(23)22(25)21(24)10-15/h7-11,13,16H,2-6,12H2,1H3. The minimum Gasteiger partial charge on any atom is -0.497 e. The zero-order chi connectivity index (χ0) is 19.0. The van der Waals surface area contributed by atoms with E-state index in [1.165, 1.54) is 19.3 Å². The minimum absolute atomic E-state index is 0.335. The second-order valence-electron chi connectivity index (χ2n) is 7.28. The van der Waals surface area contributed by atoms with Crippen molar-refractivity contribution in [3.8, 4) is 5.75 Å². The van der Waals surface area contributed by atoms with Gasteiger partial charge in [-0.3, -0.25) is 0 Å². The Morgan fingerprint density at radius 2 is 1.67 bits per heavy atom. The van der Waals surface area contributed by atoms with Crippen LogP contribution in [0, 0.1) is 17.5 Å². The number of benzene rings is 2. The fourth-order valence-corrected chi connectivity index (χ4v) is 4.14. The summed E-state index contributed by atoms with van der Waals surface area (Å²) in [5.74, 6) is -3.12. The first kappa shape index (κ1) is 18.0. The molecule has 4 rings (SSSR count). The fraction of sp³-hybridized carbons (Fsp3) is 0.364. The van der Waals surface area contributed by atoms with Crippen molar-refractivity contribution in [1.29, 1.82) is 0 Å². The number of methoxy groups -OCH3 is 1. The largest absolute Gasteiger partial charge is 0.497 e. The van der Waals surface area contributed by atoms with Crippen LogP contribution < -0.4 is 4.74 Å². The van der Waals surface area contributed by atoms with Crippen molar-refractivity contribution in [2.24, 2.45) is 0 Å². The van der Waals surface area contributed by atoms with E-state index in [4.69, 9.17) is 4.74 Å². The topological polar surface area (TPSA) is 12.5 Å². The van der Waals surface area contributed by atoms with Gasteiger partial charge in [0.25, 0.3) is 0 Å². The van der Waals surface area contributed by atoms with Crippen molar-refractivity contribution in [3.63, 3.8) is 0 Å². The van der Waals surface area contributed by atoms with Gasteiger partial charge in [-0.05, 0) is 53.8 Å². The third kappa shape index (κ3) is 3.43. The number of nitrogens with zero attached hydrogens (tertiary/aromatic N) is 1. The predicted octanol–water partition coefficient (Wildman–Crippen LogP) is 5.65. The molecule has 2 aliphatic rings.